The first kappa shape index (κ1) is 21.8. The molecule has 1 N–H and O–H groups in total. The van der Waals surface area contributed by atoms with Gasteiger partial charge >= 0.3 is 0 Å². The number of ether oxygens (including phenoxy) is 2. The van der Waals surface area contributed by atoms with E-state index in [0.29, 0.717) is 43.3 Å². The minimum Gasteiger partial charge on any atom is -0.481 e. The number of nitrogens with one attached hydrogen (secondary N) is 1. The van der Waals surface area contributed by atoms with Crippen molar-refractivity contribution in [3.8, 4) is 5.75 Å². The highest BCUT2D eigenvalue weighted by Crippen LogP contribution is 2.24. The first-order valence-corrected chi connectivity index (χ1v) is 10.3. The van der Waals surface area contributed by atoms with E-state index in [-0.39, 0.29) is 17.2 Å². The van der Waals surface area contributed by atoms with Gasteiger partial charge in [0.15, 0.2) is 6.10 Å². The van der Waals surface area contributed by atoms with Crippen molar-refractivity contribution in [3.63, 3.8) is 0 Å². The molecule has 30 heavy (non-hydrogen) atoms. The molecule has 0 aromatic heterocycles. The molecule has 2 amide bonds. The maximum atomic E-state index is 12.5. The van der Waals surface area contributed by atoms with Gasteiger partial charge in [-0.1, -0.05) is 32.9 Å². The van der Waals surface area contributed by atoms with Crippen LogP contribution in [0.25, 0.3) is 0 Å². The van der Waals surface area contributed by atoms with Gasteiger partial charge in [0.05, 0.1) is 13.2 Å². The van der Waals surface area contributed by atoms with Crippen LogP contribution in [-0.2, 0) is 14.9 Å². The topological polar surface area (TPSA) is 67.9 Å². The van der Waals surface area contributed by atoms with Crippen molar-refractivity contribution in [2.24, 2.45) is 0 Å². The molecule has 1 fully saturated rings. The number of morpholine rings is 1. The number of carbonyl (C=O) groups excluding carboxylic acids is 2. The Labute approximate surface area is 178 Å². The lowest BCUT2D eigenvalue weighted by Gasteiger charge is -2.26. The highest BCUT2D eigenvalue weighted by Gasteiger charge is 2.19. The predicted molar refractivity (Wildman–Crippen MR) is 117 cm³/mol. The van der Waals surface area contributed by atoms with Crippen LogP contribution in [0.3, 0.4) is 0 Å². The third kappa shape index (κ3) is 5.60. The highest BCUT2D eigenvalue weighted by atomic mass is 16.5. The minimum absolute atomic E-state index is 0.0217. The Hall–Kier alpha value is -2.86. The third-order valence-corrected chi connectivity index (χ3v) is 5.10. The van der Waals surface area contributed by atoms with Crippen molar-refractivity contribution < 1.29 is 19.1 Å². The van der Waals surface area contributed by atoms with Crippen molar-refractivity contribution in [1.82, 2.24) is 4.90 Å². The Morgan fingerprint density at radius 3 is 2.17 bits per heavy atom. The summed E-state index contributed by atoms with van der Waals surface area (Å²) in [5, 5.41) is 2.83. The Morgan fingerprint density at radius 2 is 1.60 bits per heavy atom. The lowest BCUT2D eigenvalue weighted by atomic mass is 9.87. The summed E-state index contributed by atoms with van der Waals surface area (Å²) < 4.78 is 11.1. The molecule has 2 aromatic carbocycles. The molecule has 0 saturated carbocycles. The fourth-order valence-corrected chi connectivity index (χ4v) is 3.18. The van der Waals surface area contributed by atoms with Crippen LogP contribution in [0.4, 0.5) is 5.69 Å². The summed E-state index contributed by atoms with van der Waals surface area (Å²) in [5.74, 6) is 0.380. The Morgan fingerprint density at radius 1 is 1.00 bits per heavy atom. The van der Waals surface area contributed by atoms with Gasteiger partial charge in [-0.05, 0) is 54.3 Å². The number of nitrogens with zero attached hydrogens (tertiary/aromatic N) is 1. The predicted octanol–water partition coefficient (Wildman–Crippen LogP) is 3.86. The highest BCUT2D eigenvalue weighted by molar-refractivity contribution is 5.96. The van der Waals surface area contributed by atoms with Gasteiger partial charge in [-0.2, -0.15) is 0 Å². The largest absolute Gasteiger partial charge is 0.481 e. The number of hydrogen-bond acceptors (Lipinski definition) is 4. The van der Waals surface area contributed by atoms with E-state index in [9.17, 15) is 9.59 Å². The van der Waals surface area contributed by atoms with Gasteiger partial charge in [-0.25, -0.2) is 0 Å². The molecule has 0 radical (unpaired) electrons. The molecule has 160 valence electrons. The standard InChI is InChI=1S/C24H30N2O4/c1-17(30-21-11-7-19(8-12-21)24(2,3)4)22(27)25-20-9-5-18(6-10-20)23(28)26-13-15-29-16-14-26/h5-12,17H,13-16H2,1-4H3,(H,25,27). The molecule has 1 aliphatic heterocycles. The fraction of sp³-hybridized carbons (Fsp3) is 0.417. The lowest BCUT2D eigenvalue weighted by Crippen LogP contribution is -2.40. The van der Waals surface area contributed by atoms with E-state index in [4.69, 9.17) is 9.47 Å². The molecule has 6 heteroatoms. The number of benzene rings is 2. The minimum atomic E-state index is -0.653. The number of rotatable bonds is 5. The molecule has 1 aliphatic rings. The number of hydrogen-bond donors (Lipinski definition) is 1. The lowest BCUT2D eigenvalue weighted by molar-refractivity contribution is -0.122. The summed E-state index contributed by atoms with van der Waals surface area (Å²) in [7, 11) is 0. The Balaban J connectivity index is 1.55. The van der Waals surface area contributed by atoms with Gasteiger partial charge in [-0.3, -0.25) is 9.59 Å². The second-order valence-corrected chi connectivity index (χ2v) is 8.51. The van der Waals surface area contributed by atoms with Crippen molar-refractivity contribution in [2.75, 3.05) is 31.6 Å². The number of anilines is 1. The molecule has 0 aliphatic carbocycles. The van der Waals surface area contributed by atoms with Crippen LogP contribution < -0.4 is 10.1 Å². The van der Waals surface area contributed by atoms with Crippen LogP contribution >= 0.6 is 0 Å². The van der Waals surface area contributed by atoms with Gasteiger partial charge in [-0.15, -0.1) is 0 Å². The molecule has 1 saturated heterocycles. The molecule has 3 rings (SSSR count). The summed E-state index contributed by atoms with van der Waals surface area (Å²) in [5.41, 5.74) is 2.49. The summed E-state index contributed by atoms with van der Waals surface area (Å²) in [6.07, 6.45) is -0.653. The molecule has 0 bridgehead atoms. The normalized spacial score (nSPS) is 15.4. The van der Waals surface area contributed by atoms with Gasteiger partial charge in [0, 0.05) is 24.3 Å². The number of carbonyl (C=O) groups is 2. The van der Waals surface area contributed by atoms with E-state index in [2.05, 4.69) is 26.1 Å². The quantitative estimate of drug-likeness (QED) is 0.813. The SMILES string of the molecule is CC(Oc1ccc(C(C)(C)C)cc1)C(=O)Nc1ccc(C(=O)N2CCOCC2)cc1. The molecular weight excluding hydrogens is 380 g/mol. The molecule has 1 unspecified atom stereocenters. The van der Waals surface area contributed by atoms with E-state index in [1.807, 2.05) is 24.3 Å². The maximum Gasteiger partial charge on any atom is 0.265 e. The Kier molecular flexibility index (Phi) is 6.77. The van der Waals surface area contributed by atoms with Gasteiger partial charge in [0.25, 0.3) is 11.8 Å². The van der Waals surface area contributed by atoms with Crippen LogP contribution in [-0.4, -0.2) is 49.1 Å². The van der Waals surface area contributed by atoms with Crippen LogP contribution in [0.5, 0.6) is 5.75 Å². The molecule has 1 atom stereocenters. The molecule has 0 spiro atoms. The summed E-state index contributed by atoms with van der Waals surface area (Å²) >= 11 is 0. The Bertz CT molecular complexity index is 864. The van der Waals surface area contributed by atoms with Crippen molar-refractivity contribution in [3.05, 3.63) is 59.7 Å². The van der Waals surface area contributed by atoms with E-state index >= 15 is 0 Å². The van der Waals surface area contributed by atoms with Crippen LogP contribution in [0.1, 0.15) is 43.6 Å². The van der Waals surface area contributed by atoms with Gasteiger partial charge < -0.3 is 19.7 Å². The van der Waals surface area contributed by atoms with Crippen molar-refractivity contribution >= 4 is 17.5 Å². The molecular formula is C24H30N2O4. The monoisotopic (exact) mass is 410 g/mol. The van der Waals surface area contributed by atoms with Gasteiger partial charge in [0.2, 0.25) is 0 Å². The van der Waals surface area contributed by atoms with Crippen LogP contribution in [0.2, 0.25) is 0 Å². The average molecular weight is 411 g/mol. The summed E-state index contributed by atoms with van der Waals surface area (Å²) in [6, 6.07) is 14.7. The van der Waals surface area contributed by atoms with Gasteiger partial charge in [0.1, 0.15) is 5.75 Å². The van der Waals surface area contributed by atoms with E-state index in [1.165, 1.54) is 5.56 Å². The molecule has 2 aromatic rings. The first-order chi connectivity index (χ1) is 14.2. The second-order valence-electron chi connectivity index (χ2n) is 8.51. The van der Waals surface area contributed by atoms with Crippen LogP contribution in [0.15, 0.2) is 48.5 Å². The van der Waals surface area contributed by atoms with E-state index in [1.54, 1.807) is 36.1 Å². The zero-order valence-electron chi connectivity index (χ0n) is 18.1. The van der Waals surface area contributed by atoms with Crippen molar-refractivity contribution in [2.45, 2.75) is 39.2 Å². The number of amides is 2. The molecule has 6 nitrogen and oxygen atoms in total. The summed E-state index contributed by atoms with van der Waals surface area (Å²) in [6.45, 7) is 10.5. The smallest absolute Gasteiger partial charge is 0.265 e. The summed E-state index contributed by atoms with van der Waals surface area (Å²) in [4.78, 5) is 26.8. The second kappa shape index (κ2) is 9.30. The fourth-order valence-electron chi connectivity index (χ4n) is 3.18. The molecule has 1 heterocycles. The zero-order chi connectivity index (χ0) is 21.7. The van der Waals surface area contributed by atoms with Crippen molar-refractivity contribution in [1.29, 1.82) is 0 Å². The maximum absolute atomic E-state index is 12.5. The van der Waals surface area contributed by atoms with E-state index in [0.717, 1.165) is 0 Å². The zero-order valence-corrected chi connectivity index (χ0v) is 18.1. The first-order valence-electron chi connectivity index (χ1n) is 10.3. The average Bonchev–Trinajstić information content (AvgIpc) is 2.74. The van der Waals surface area contributed by atoms with Crippen LogP contribution in [0, 0.1) is 0 Å². The van der Waals surface area contributed by atoms with E-state index < -0.39 is 6.10 Å². The third-order valence-electron chi connectivity index (χ3n) is 5.10.